The Balaban J connectivity index is 2.29. The number of methoxy groups -OCH3 is 2. The summed E-state index contributed by atoms with van der Waals surface area (Å²) >= 11 is 0. The Kier molecular flexibility index (Phi) is 5.40. The number of benzene rings is 1. The Hall–Kier alpha value is -2.50. The maximum absolute atomic E-state index is 12.2. The van der Waals surface area contributed by atoms with Crippen LogP contribution in [0.5, 0.6) is 5.75 Å². The van der Waals surface area contributed by atoms with Crippen molar-refractivity contribution in [2.45, 2.75) is 33.3 Å². The summed E-state index contributed by atoms with van der Waals surface area (Å²) in [4.78, 5) is 26.0. The van der Waals surface area contributed by atoms with E-state index < -0.39 is 11.6 Å². The summed E-state index contributed by atoms with van der Waals surface area (Å²) in [5.74, 6) is 0.177. The molecule has 1 aliphatic rings. The van der Waals surface area contributed by atoms with E-state index in [9.17, 15) is 9.59 Å². The van der Waals surface area contributed by atoms with Crippen molar-refractivity contribution < 1.29 is 23.8 Å². The summed E-state index contributed by atoms with van der Waals surface area (Å²) in [6, 6.07) is 3.56. The fourth-order valence-corrected chi connectivity index (χ4v) is 2.67. The second-order valence-electron chi connectivity index (χ2n) is 6.95. The first-order valence-electron chi connectivity index (χ1n) is 8.10. The Labute approximate surface area is 148 Å². The molecule has 0 fully saturated rings. The average Bonchev–Trinajstić information content (AvgIpc) is 3.02. The summed E-state index contributed by atoms with van der Waals surface area (Å²) in [5.41, 5.74) is 2.41. The lowest BCUT2D eigenvalue weighted by molar-refractivity contribution is 0.0306. The zero-order chi connectivity index (χ0) is 18.8. The second-order valence-corrected chi connectivity index (χ2v) is 6.95. The van der Waals surface area contributed by atoms with Crippen molar-refractivity contribution in [3.05, 3.63) is 34.9 Å². The van der Waals surface area contributed by atoms with Gasteiger partial charge in [-0.1, -0.05) is 6.08 Å². The van der Waals surface area contributed by atoms with Gasteiger partial charge in [-0.2, -0.15) is 0 Å². The van der Waals surface area contributed by atoms with Crippen LogP contribution < -0.4 is 4.74 Å². The molecule has 0 aromatic heterocycles. The Bertz CT molecular complexity index is 715. The van der Waals surface area contributed by atoms with Crippen LogP contribution in [0.4, 0.5) is 4.79 Å². The van der Waals surface area contributed by atoms with Crippen LogP contribution in [-0.4, -0.2) is 49.9 Å². The maximum atomic E-state index is 12.2. The first-order chi connectivity index (χ1) is 11.7. The van der Waals surface area contributed by atoms with Crippen molar-refractivity contribution in [2.75, 3.05) is 27.3 Å². The number of carbonyl (C=O) groups is 2. The van der Waals surface area contributed by atoms with Gasteiger partial charge in [0.1, 0.15) is 11.4 Å². The number of nitrogens with zero attached hydrogens (tertiary/aromatic N) is 1. The molecule has 0 aliphatic carbocycles. The Morgan fingerprint density at radius 1 is 1.16 bits per heavy atom. The first-order valence-corrected chi connectivity index (χ1v) is 8.10. The largest absolute Gasteiger partial charge is 0.496 e. The summed E-state index contributed by atoms with van der Waals surface area (Å²) in [7, 11) is 2.90. The Morgan fingerprint density at radius 3 is 2.40 bits per heavy atom. The molecule has 1 aromatic carbocycles. The van der Waals surface area contributed by atoms with Gasteiger partial charge < -0.3 is 19.1 Å². The van der Waals surface area contributed by atoms with Crippen LogP contribution in [0.25, 0.3) is 5.57 Å². The fraction of sp³-hybridized carbons (Fsp3) is 0.474. The van der Waals surface area contributed by atoms with Crippen LogP contribution >= 0.6 is 0 Å². The van der Waals surface area contributed by atoms with Crippen LogP contribution in [0, 0.1) is 6.92 Å². The van der Waals surface area contributed by atoms with E-state index in [4.69, 9.17) is 14.2 Å². The van der Waals surface area contributed by atoms with Gasteiger partial charge in [0.2, 0.25) is 0 Å². The summed E-state index contributed by atoms with van der Waals surface area (Å²) in [6.45, 7) is 8.22. The molecule has 0 atom stereocenters. The van der Waals surface area contributed by atoms with Gasteiger partial charge in [-0.3, -0.25) is 0 Å². The third-order valence-corrected chi connectivity index (χ3v) is 3.86. The number of amides is 1. The molecule has 1 amide bonds. The van der Waals surface area contributed by atoms with Crippen molar-refractivity contribution >= 4 is 17.6 Å². The molecule has 1 heterocycles. The second kappa shape index (κ2) is 7.17. The van der Waals surface area contributed by atoms with Gasteiger partial charge in [0.05, 0.1) is 19.8 Å². The third kappa shape index (κ3) is 4.32. The molecule has 0 unspecified atom stereocenters. The van der Waals surface area contributed by atoms with Gasteiger partial charge in [-0.05, 0) is 56.5 Å². The minimum Gasteiger partial charge on any atom is -0.496 e. The number of ether oxygens (including phenoxy) is 3. The number of hydrogen-bond donors (Lipinski definition) is 0. The van der Waals surface area contributed by atoms with E-state index >= 15 is 0 Å². The third-order valence-electron chi connectivity index (χ3n) is 3.86. The fourth-order valence-electron chi connectivity index (χ4n) is 2.67. The van der Waals surface area contributed by atoms with Crippen LogP contribution in [0.15, 0.2) is 18.2 Å². The lowest BCUT2D eigenvalue weighted by Crippen LogP contribution is -2.35. The molecule has 0 saturated carbocycles. The van der Waals surface area contributed by atoms with E-state index in [0.717, 1.165) is 16.7 Å². The van der Waals surface area contributed by atoms with Gasteiger partial charge >= 0.3 is 12.1 Å². The van der Waals surface area contributed by atoms with Crippen LogP contribution in [0.3, 0.4) is 0 Å². The quantitative estimate of drug-likeness (QED) is 0.784. The van der Waals surface area contributed by atoms with Crippen LogP contribution in [-0.2, 0) is 9.47 Å². The lowest BCUT2D eigenvalue weighted by Gasteiger charge is -2.24. The molecule has 0 bridgehead atoms. The molecule has 6 nitrogen and oxygen atoms in total. The standard InChI is InChI=1S/C19H25NO5/c1-12-9-14(15(17(21)24-6)10-16(12)23-5)13-7-8-20(11-13)18(22)25-19(2,3)4/h7,9-10H,8,11H2,1-6H3. The molecule has 2 rings (SSSR count). The van der Waals surface area contributed by atoms with Gasteiger partial charge in [0.15, 0.2) is 0 Å². The zero-order valence-electron chi connectivity index (χ0n) is 15.6. The molecule has 1 aromatic rings. The molecule has 0 spiro atoms. The van der Waals surface area contributed by atoms with E-state index in [1.54, 1.807) is 18.1 Å². The molecule has 1 aliphatic heterocycles. The van der Waals surface area contributed by atoms with Gasteiger partial charge in [-0.15, -0.1) is 0 Å². The molecule has 136 valence electrons. The Morgan fingerprint density at radius 2 is 1.84 bits per heavy atom. The molecule has 0 N–H and O–H groups in total. The van der Waals surface area contributed by atoms with E-state index in [0.29, 0.717) is 24.4 Å². The number of carbonyl (C=O) groups excluding carboxylic acids is 2. The number of esters is 1. The van der Waals surface area contributed by atoms with Gasteiger partial charge in [0.25, 0.3) is 0 Å². The minimum atomic E-state index is -0.548. The van der Waals surface area contributed by atoms with Crippen LogP contribution in [0.2, 0.25) is 0 Å². The summed E-state index contributed by atoms with van der Waals surface area (Å²) in [6.07, 6.45) is 1.56. The SMILES string of the molecule is COC(=O)c1cc(OC)c(C)cc1C1=CCN(C(=O)OC(C)(C)C)C1. The molecular formula is C19H25NO5. The molecule has 25 heavy (non-hydrogen) atoms. The van der Waals surface area contributed by atoms with Crippen LogP contribution in [0.1, 0.15) is 42.3 Å². The van der Waals surface area contributed by atoms with Crippen molar-refractivity contribution in [1.29, 1.82) is 0 Å². The smallest absolute Gasteiger partial charge is 0.410 e. The molecular weight excluding hydrogens is 322 g/mol. The monoisotopic (exact) mass is 347 g/mol. The number of aryl methyl sites for hydroxylation is 1. The van der Waals surface area contributed by atoms with Crippen molar-refractivity contribution in [1.82, 2.24) is 4.90 Å². The predicted octanol–water partition coefficient (Wildman–Crippen LogP) is 3.42. The summed E-state index contributed by atoms with van der Waals surface area (Å²) < 4.78 is 15.6. The highest BCUT2D eigenvalue weighted by Gasteiger charge is 2.28. The molecule has 6 heteroatoms. The molecule has 0 radical (unpaired) electrons. The van der Waals surface area contributed by atoms with Crippen molar-refractivity contribution in [3.63, 3.8) is 0 Å². The van der Waals surface area contributed by atoms with E-state index in [2.05, 4.69) is 0 Å². The predicted molar refractivity (Wildman–Crippen MR) is 94.9 cm³/mol. The van der Waals surface area contributed by atoms with E-state index in [-0.39, 0.29) is 6.09 Å². The molecule has 0 saturated heterocycles. The topological polar surface area (TPSA) is 65.1 Å². The van der Waals surface area contributed by atoms with Gasteiger partial charge in [0, 0.05) is 13.1 Å². The zero-order valence-corrected chi connectivity index (χ0v) is 15.6. The first kappa shape index (κ1) is 18.8. The highest BCUT2D eigenvalue weighted by Crippen LogP contribution is 2.31. The minimum absolute atomic E-state index is 0.372. The van der Waals surface area contributed by atoms with Gasteiger partial charge in [-0.25, -0.2) is 9.59 Å². The van der Waals surface area contributed by atoms with Crippen molar-refractivity contribution in [2.24, 2.45) is 0 Å². The number of rotatable bonds is 3. The average molecular weight is 347 g/mol. The normalized spacial score (nSPS) is 14.2. The lowest BCUT2D eigenvalue weighted by atomic mass is 9.97. The summed E-state index contributed by atoms with van der Waals surface area (Å²) in [5, 5.41) is 0. The number of hydrogen-bond acceptors (Lipinski definition) is 5. The van der Waals surface area contributed by atoms with E-state index in [1.807, 2.05) is 39.8 Å². The highest BCUT2D eigenvalue weighted by atomic mass is 16.6. The highest BCUT2D eigenvalue weighted by molar-refractivity contribution is 5.97. The maximum Gasteiger partial charge on any atom is 0.410 e. The van der Waals surface area contributed by atoms with E-state index in [1.165, 1.54) is 7.11 Å². The van der Waals surface area contributed by atoms with Crippen molar-refractivity contribution in [3.8, 4) is 5.75 Å².